The van der Waals surface area contributed by atoms with Crippen LogP contribution in [0.3, 0.4) is 0 Å². The Morgan fingerprint density at radius 3 is 1.93 bits per heavy atom. The van der Waals surface area contributed by atoms with Gasteiger partial charge in [0.25, 0.3) is 0 Å². The first-order valence-electron chi connectivity index (χ1n) is 10.6. The van der Waals surface area contributed by atoms with E-state index in [4.69, 9.17) is 0 Å². The minimum atomic E-state index is -3.56. The first-order valence-corrected chi connectivity index (χ1v) is 12.1. The van der Waals surface area contributed by atoms with Crippen molar-refractivity contribution >= 4 is 21.7 Å². The summed E-state index contributed by atoms with van der Waals surface area (Å²) in [4.78, 5) is 14.1. The molecule has 30 heavy (non-hydrogen) atoms. The van der Waals surface area contributed by atoms with E-state index in [0.29, 0.717) is 42.5 Å². The van der Waals surface area contributed by atoms with Crippen LogP contribution in [0.15, 0.2) is 11.0 Å². The number of piperazine rings is 1. The highest BCUT2D eigenvalue weighted by atomic mass is 32.2. The van der Waals surface area contributed by atoms with Crippen molar-refractivity contribution in [2.45, 2.75) is 44.9 Å². The average molecular weight is 434 g/mol. The van der Waals surface area contributed by atoms with Crippen LogP contribution in [0.2, 0.25) is 0 Å². The number of nitrogens with zero attached hydrogens (tertiary/aromatic N) is 7. The molecule has 0 N–H and O–H groups in total. The lowest BCUT2D eigenvalue weighted by Gasteiger charge is -2.35. The van der Waals surface area contributed by atoms with Crippen LogP contribution in [-0.2, 0) is 17.1 Å². The molecule has 0 atom stereocenters. The van der Waals surface area contributed by atoms with Crippen molar-refractivity contribution in [3.63, 3.8) is 0 Å². The lowest BCUT2D eigenvalue weighted by Crippen LogP contribution is -2.49. The van der Waals surface area contributed by atoms with E-state index >= 15 is 0 Å². The number of rotatable bonds is 4. The summed E-state index contributed by atoms with van der Waals surface area (Å²) >= 11 is 0. The maximum absolute atomic E-state index is 13.2. The quantitative estimate of drug-likeness (QED) is 0.724. The van der Waals surface area contributed by atoms with Gasteiger partial charge in [0.05, 0.1) is 11.4 Å². The van der Waals surface area contributed by atoms with Gasteiger partial charge in [-0.05, 0) is 40.0 Å². The van der Waals surface area contributed by atoms with Crippen LogP contribution in [0.25, 0.3) is 0 Å². The average Bonchev–Trinajstić information content (AvgIpc) is 3.00. The minimum Gasteiger partial charge on any atom is -0.356 e. The minimum absolute atomic E-state index is 0.337. The van der Waals surface area contributed by atoms with Crippen LogP contribution in [0.5, 0.6) is 0 Å². The second kappa shape index (κ2) is 8.14. The summed E-state index contributed by atoms with van der Waals surface area (Å²) in [5.41, 5.74) is 1.22. The predicted molar refractivity (Wildman–Crippen MR) is 116 cm³/mol. The number of aromatic nitrogens is 4. The largest absolute Gasteiger partial charge is 0.356 e. The van der Waals surface area contributed by atoms with Crippen molar-refractivity contribution in [1.82, 2.24) is 24.1 Å². The number of piperidine rings is 1. The van der Waals surface area contributed by atoms with Gasteiger partial charge in [0.1, 0.15) is 22.4 Å². The molecular weight excluding hydrogens is 402 g/mol. The lowest BCUT2D eigenvalue weighted by molar-refractivity contribution is 0.383. The molecule has 0 aliphatic carbocycles. The Balaban J connectivity index is 1.50. The molecule has 2 aromatic heterocycles. The molecule has 0 spiro atoms. The molecule has 2 aliphatic rings. The van der Waals surface area contributed by atoms with Gasteiger partial charge in [-0.25, -0.2) is 18.4 Å². The fourth-order valence-corrected chi connectivity index (χ4v) is 6.22. The van der Waals surface area contributed by atoms with Crippen molar-refractivity contribution in [3.8, 4) is 0 Å². The Kier molecular flexibility index (Phi) is 5.71. The van der Waals surface area contributed by atoms with E-state index in [-0.39, 0.29) is 0 Å². The molecule has 2 saturated heterocycles. The van der Waals surface area contributed by atoms with Crippen molar-refractivity contribution in [2.24, 2.45) is 7.05 Å². The third-order valence-corrected chi connectivity index (χ3v) is 8.25. The van der Waals surface area contributed by atoms with Gasteiger partial charge in [-0.1, -0.05) is 0 Å². The zero-order valence-electron chi connectivity index (χ0n) is 18.3. The fraction of sp³-hybridized carbons (Fsp3) is 0.650. The molecule has 164 valence electrons. The first-order chi connectivity index (χ1) is 14.3. The molecule has 2 fully saturated rings. The van der Waals surface area contributed by atoms with Crippen LogP contribution in [0.1, 0.15) is 36.5 Å². The van der Waals surface area contributed by atoms with E-state index in [1.54, 1.807) is 29.9 Å². The Bertz CT molecular complexity index is 1020. The van der Waals surface area contributed by atoms with E-state index in [0.717, 1.165) is 30.5 Å². The molecule has 0 unspecified atom stereocenters. The van der Waals surface area contributed by atoms with Crippen LogP contribution in [-0.4, -0.2) is 71.7 Å². The Morgan fingerprint density at radius 2 is 1.40 bits per heavy atom. The summed E-state index contributed by atoms with van der Waals surface area (Å²) < 4.78 is 29.6. The fourth-order valence-electron chi connectivity index (χ4n) is 4.40. The summed E-state index contributed by atoms with van der Waals surface area (Å²) in [7, 11) is -1.78. The normalized spacial score (nSPS) is 18.8. The smallest absolute Gasteiger partial charge is 0.246 e. The van der Waals surface area contributed by atoms with Gasteiger partial charge in [-0.15, -0.1) is 0 Å². The first kappa shape index (κ1) is 21.0. The summed E-state index contributed by atoms with van der Waals surface area (Å²) in [5.74, 6) is 2.62. The highest BCUT2D eigenvalue weighted by Crippen LogP contribution is 2.26. The molecular formula is C20H31N7O2S. The van der Waals surface area contributed by atoms with E-state index in [1.807, 2.05) is 6.92 Å². The maximum atomic E-state index is 13.2. The van der Waals surface area contributed by atoms with Gasteiger partial charge in [-0.3, -0.25) is 4.68 Å². The SMILES string of the molecule is Cc1nc(N2CCCCC2)cc(N2CCN(S(=O)(=O)c3c(C)nn(C)c3C)CC2)n1. The van der Waals surface area contributed by atoms with E-state index in [2.05, 4.69) is 30.9 Å². The second-order valence-electron chi connectivity index (χ2n) is 8.19. The van der Waals surface area contributed by atoms with Crippen LogP contribution >= 0.6 is 0 Å². The van der Waals surface area contributed by atoms with Gasteiger partial charge in [-0.2, -0.15) is 9.40 Å². The zero-order valence-corrected chi connectivity index (χ0v) is 19.1. The topological polar surface area (TPSA) is 87.5 Å². The molecule has 4 heterocycles. The predicted octanol–water partition coefficient (Wildman–Crippen LogP) is 1.64. The second-order valence-corrected chi connectivity index (χ2v) is 10.1. The van der Waals surface area contributed by atoms with Crippen LogP contribution in [0, 0.1) is 20.8 Å². The molecule has 9 nitrogen and oxygen atoms in total. The number of anilines is 2. The van der Waals surface area contributed by atoms with Gasteiger partial charge < -0.3 is 9.80 Å². The van der Waals surface area contributed by atoms with Gasteiger partial charge in [0.2, 0.25) is 10.0 Å². The highest BCUT2D eigenvalue weighted by molar-refractivity contribution is 7.89. The standard InChI is InChI=1S/C20H31N7O2S/c1-15-20(16(2)24(4)23-15)30(28,29)27-12-10-26(11-13-27)19-14-18(21-17(3)22-19)25-8-6-5-7-9-25/h14H,5-13H2,1-4H3. The summed E-state index contributed by atoms with van der Waals surface area (Å²) in [6.07, 6.45) is 3.67. The number of hydrogen-bond donors (Lipinski definition) is 0. The Morgan fingerprint density at radius 1 is 0.833 bits per heavy atom. The molecule has 0 amide bonds. The van der Waals surface area contributed by atoms with Gasteiger partial charge in [0, 0.05) is 52.4 Å². The monoisotopic (exact) mass is 433 g/mol. The number of sulfonamides is 1. The van der Waals surface area contributed by atoms with Crippen LogP contribution in [0.4, 0.5) is 11.6 Å². The number of aryl methyl sites for hydroxylation is 3. The van der Waals surface area contributed by atoms with E-state index in [1.165, 1.54) is 19.3 Å². The summed E-state index contributed by atoms with van der Waals surface area (Å²) in [6, 6.07) is 2.05. The van der Waals surface area contributed by atoms with Crippen molar-refractivity contribution in [3.05, 3.63) is 23.3 Å². The third kappa shape index (κ3) is 3.90. The summed E-state index contributed by atoms with van der Waals surface area (Å²) in [5, 5.41) is 4.28. The maximum Gasteiger partial charge on any atom is 0.246 e. The molecule has 0 radical (unpaired) electrons. The molecule has 2 aliphatic heterocycles. The lowest BCUT2D eigenvalue weighted by atomic mass is 10.1. The Labute approximate surface area is 178 Å². The van der Waals surface area contributed by atoms with Gasteiger partial charge >= 0.3 is 0 Å². The highest BCUT2D eigenvalue weighted by Gasteiger charge is 2.33. The Hall–Kier alpha value is -2.20. The molecule has 0 saturated carbocycles. The van der Waals surface area contributed by atoms with Crippen molar-refractivity contribution in [1.29, 1.82) is 0 Å². The zero-order chi connectivity index (χ0) is 21.5. The van der Waals surface area contributed by atoms with Crippen molar-refractivity contribution < 1.29 is 8.42 Å². The summed E-state index contributed by atoms with van der Waals surface area (Å²) in [6.45, 7) is 9.61. The molecule has 2 aromatic rings. The molecule has 0 bridgehead atoms. The van der Waals surface area contributed by atoms with Gasteiger partial charge in [0.15, 0.2) is 0 Å². The third-order valence-electron chi connectivity index (χ3n) is 6.09. The molecule has 10 heteroatoms. The van der Waals surface area contributed by atoms with E-state index in [9.17, 15) is 8.42 Å². The molecule has 4 rings (SSSR count). The van der Waals surface area contributed by atoms with E-state index < -0.39 is 10.0 Å². The molecule has 0 aromatic carbocycles. The number of hydrogen-bond acceptors (Lipinski definition) is 7. The van der Waals surface area contributed by atoms with Crippen LogP contribution < -0.4 is 9.80 Å². The van der Waals surface area contributed by atoms with Crippen molar-refractivity contribution in [2.75, 3.05) is 49.1 Å².